The molecule has 1 heterocycles. The van der Waals surface area contributed by atoms with Crippen molar-refractivity contribution in [1.82, 2.24) is 15.5 Å². The van der Waals surface area contributed by atoms with Crippen molar-refractivity contribution in [3.8, 4) is 0 Å². The Morgan fingerprint density at radius 3 is 2.63 bits per heavy atom. The topological polar surface area (TPSA) is 48.9 Å². The Hall–Kier alpha value is -2.11. The molecular formula is C22H32N4O. The molecule has 1 fully saturated rings. The lowest BCUT2D eigenvalue weighted by atomic mass is 10.00. The zero-order chi connectivity index (χ0) is 19.1. The largest absolute Gasteiger partial charge is 0.379 e. The highest BCUT2D eigenvalue weighted by Gasteiger charge is 2.15. The highest BCUT2D eigenvalue weighted by Crippen LogP contribution is 2.23. The van der Waals surface area contributed by atoms with Crippen LogP contribution in [0, 0.1) is 5.92 Å². The van der Waals surface area contributed by atoms with E-state index in [2.05, 4.69) is 76.8 Å². The molecule has 2 aromatic carbocycles. The van der Waals surface area contributed by atoms with Crippen molar-refractivity contribution in [3.63, 3.8) is 0 Å². The Balaban J connectivity index is 1.54. The van der Waals surface area contributed by atoms with E-state index in [1.54, 1.807) is 0 Å². The van der Waals surface area contributed by atoms with E-state index >= 15 is 0 Å². The monoisotopic (exact) mass is 368 g/mol. The zero-order valence-corrected chi connectivity index (χ0v) is 16.7. The number of benzene rings is 2. The van der Waals surface area contributed by atoms with E-state index in [4.69, 9.17) is 4.74 Å². The van der Waals surface area contributed by atoms with Crippen LogP contribution in [0.4, 0.5) is 0 Å². The van der Waals surface area contributed by atoms with Gasteiger partial charge in [0, 0.05) is 33.2 Å². The SMILES string of the molecule is CN=C(NCC(C)CN1CCOCC1)NC(C)c1cccc2ccccc12. The van der Waals surface area contributed by atoms with Crippen LogP contribution in [-0.2, 0) is 4.74 Å². The number of rotatable bonds is 6. The second-order valence-corrected chi connectivity index (χ2v) is 7.41. The average Bonchev–Trinajstić information content (AvgIpc) is 2.71. The Kier molecular flexibility index (Phi) is 7.07. The molecule has 0 saturated carbocycles. The van der Waals surface area contributed by atoms with Gasteiger partial charge in [-0.1, -0.05) is 49.4 Å². The summed E-state index contributed by atoms with van der Waals surface area (Å²) in [5.41, 5.74) is 1.29. The van der Waals surface area contributed by atoms with Gasteiger partial charge < -0.3 is 15.4 Å². The molecule has 2 atom stereocenters. The van der Waals surface area contributed by atoms with Gasteiger partial charge in [0.05, 0.1) is 19.3 Å². The molecule has 2 N–H and O–H groups in total. The molecule has 146 valence electrons. The van der Waals surface area contributed by atoms with Crippen LogP contribution < -0.4 is 10.6 Å². The molecule has 0 aliphatic carbocycles. The lowest BCUT2D eigenvalue weighted by Crippen LogP contribution is -2.44. The Bertz CT molecular complexity index is 750. The number of hydrogen-bond acceptors (Lipinski definition) is 3. The second kappa shape index (κ2) is 9.72. The number of fused-ring (bicyclic) bond motifs is 1. The van der Waals surface area contributed by atoms with Crippen molar-refractivity contribution in [3.05, 3.63) is 48.0 Å². The average molecular weight is 369 g/mol. The van der Waals surface area contributed by atoms with Crippen LogP contribution >= 0.6 is 0 Å². The predicted molar refractivity (Wildman–Crippen MR) is 113 cm³/mol. The van der Waals surface area contributed by atoms with Crippen LogP contribution in [0.5, 0.6) is 0 Å². The van der Waals surface area contributed by atoms with Crippen molar-refractivity contribution in [2.24, 2.45) is 10.9 Å². The Morgan fingerprint density at radius 1 is 1.11 bits per heavy atom. The summed E-state index contributed by atoms with van der Waals surface area (Å²) in [7, 11) is 1.83. The fourth-order valence-electron chi connectivity index (χ4n) is 3.67. The molecule has 2 aromatic rings. The molecule has 2 unspecified atom stereocenters. The maximum atomic E-state index is 5.43. The maximum Gasteiger partial charge on any atom is 0.191 e. The van der Waals surface area contributed by atoms with E-state index in [9.17, 15) is 0 Å². The van der Waals surface area contributed by atoms with Gasteiger partial charge in [-0.15, -0.1) is 0 Å². The number of hydrogen-bond donors (Lipinski definition) is 2. The number of guanidine groups is 1. The highest BCUT2D eigenvalue weighted by molar-refractivity contribution is 5.87. The normalized spacial score (nSPS) is 18.3. The van der Waals surface area contributed by atoms with Gasteiger partial charge in [-0.25, -0.2) is 0 Å². The molecule has 1 saturated heterocycles. The molecule has 1 aliphatic heterocycles. The van der Waals surface area contributed by atoms with Crippen molar-refractivity contribution < 1.29 is 4.74 Å². The molecule has 0 radical (unpaired) electrons. The summed E-state index contributed by atoms with van der Waals surface area (Å²) >= 11 is 0. The lowest BCUT2D eigenvalue weighted by Gasteiger charge is -2.29. The molecule has 27 heavy (non-hydrogen) atoms. The van der Waals surface area contributed by atoms with E-state index in [1.807, 2.05) is 7.05 Å². The molecule has 5 nitrogen and oxygen atoms in total. The fraction of sp³-hybridized carbons (Fsp3) is 0.500. The molecule has 5 heteroatoms. The Morgan fingerprint density at radius 2 is 1.85 bits per heavy atom. The first-order valence-corrected chi connectivity index (χ1v) is 9.92. The summed E-state index contributed by atoms with van der Waals surface area (Å²) in [4.78, 5) is 6.89. The molecule has 3 rings (SSSR count). The third kappa shape index (κ3) is 5.44. The maximum absolute atomic E-state index is 5.43. The van der Waals surface area contributed by atoms with Crippen LogP contribution in [0.3, 0.4) is 0 Å². The van der Waals surface area contributed by atoms with Gasteiger partial charge in [-0.2, -0.15) is 0 Å². The van der Waals surface area contributed by atoms with Crippen molar-refractivity contribution in [2.75, 3.05) is 46.4 Å². The van der Waals surface area contributed by atoms with Crippen LogP contribution in [0.15, 0.2) is 47.5 Å². The number of morpholine rings is 1. The third-order valence-corrected chi connectivity index (χ3v) is 5.16. The van der Waals surface area contributed by atoms with Gasteiger partial charge in [0.25, 0.3) is 0 Å². The van der Waals surface area contributed by atoms with E-state index in [1.165, 1.54) is 16.3 Å². The quantitative estimate of drug-likeness (QED) is 0.608. The Labute approximate surface area is 162 Å². The van der Waals surface area contributed by atoms with Crippen molar-refractivity contribution in [2.45, 2.75) is 19.9 Å². The van der Waals surface area contributed by atoms with Gasteiger partial charge in [0.2, 0.25) is 0 Å². The molecular weight excluding hydrogens is 336 g/mol. The standard InChI is InChI=1S/C22H32N4O/c1-17(16-26-11-13-27-14-12-26)15-24-22(23-3)25-18(2)20-10-6-8-19-7-4-5-9-21(19)20/h4-10,17-18H,11-16H2,1-3H3,(H2,23,24,25). The predicted octanol–water partition coefficient (Wildman–Crippen LogP) is 3.03. The molecule has 0 amide bonds. The number of nitrogens with one attached hydrogen (secondary N) is 2. The minimum absolute atomic E-state index is 0.178. The zero-order valence-electron chi connectivity index (χ0n) is 16.7. The van der Waals surface area contributed by atoms with E-state index in [0.29, 0.717) is 5.92 Å². The lowest BCUT2D eigenvalue weighted by molar-refractivity contribution is 0.0320. The van der Waals surface area contributed by atoms with Crippen LogP contribution in [0.1, 0.15) is 25.5 Å². The minimum Gasteiger partial charge on any atom is -0.379 e. The molecule has 1 aliphatic rings. The first-order valence-electron chi connectivity index (χ1n) is 9.92. The highest BCUT2D eigenvalue weighted by atomic mass is 16.5. The summed E-state index contributed by atoms with van der Waals surface area (Å²) in [6.07, 6.45) is 0. The smallest absolute Gasteiger partial charge is 0.191 e. The summed E-state index contributed by atoms with van der Waals surface area (Å²) in [5.74, 6) is 1.40. The summed E-state index contributed by atoms with van der Waals surface area (Å²) in [6, 6.07) is 15.2. The van der Waals surface area contributed by atoms with Gasteiger partial charge in [-0.3, -0.25) is 9.89 Å². The number of aliphatic imine (C=N–C) groups is 1. The van der Waals surface area contributed by atoms with E-state index < -0.39 is 0 Å². The van der Waals surface area contributed by atoms with Crippen LogP contribution in [-0.4, -0.2) is 57.3 Å². The van der Waals surface area contributed by atoms with Crippen LogP contribution in [0.25, 0.3) is 10.8 Å². The molecule has 0 aromatic heterocycles. The van der Waals surface area contributed by atoms with Gasteiger partial charge >= 0.3 is 0 Å². The number of nitrogens with zero attached hydrogens (tertiary/aromatic N) is 2. The second-order valence-electron chi connectivity index (χ2n) is 7.41. The first-order chi connectivity index (χ1) is 13.2. The minimum atomic E-state index is 0.178. The molecule has 0 spiro atoms. The first kappa shape index (κ1) is 19.6. The van der Waals surface area contributed by atoms with E-state index in [0.717, 1.165) is 45.4 Å². The fourth-order valence-corrected chi connectivity index (χ4v) is 3.67. The number of ether oxygens (including phenoxy) is 1. The summed E-state index contributed by atoms with van der Waals surface area (Å²) in [5, 5.41) is 9.59. The summed E-state index contributed by atoms with van der Waals surface area (Å²) < 4.78 is 5.43. The molecule has 0 bridgehead atoms. The van der Waals surface area contributed by atoms with Crippen molar-refractivity contribution >= 4 is 16.7 Å². The van der Waals surface area contributed by atoms with Crippen LogP contribution in [0.2, 0.25) is 0 Å². The third-order valence-electron chi connectivity index (χ3n) is 5.16. The van der Waals surface area contributed by atoms with Gasteiger partial charge in [0.15, 0.2) is 5.96 Å². The van der Waals surface area contributed by atoms with Gasteiger partial charge in [0.1, 0.15) is 0 Å². The van der Waals surface area contributed by atoms with Gasteiger partial charge in [-0.05, 0) is 29.2 Å². The van der Waals surface area contributed by atoms with Crippen molar-refractivity contribution in [1.29, 1.82) is 0 Å². The summed E-state index contributed by atoms with van der Waals surface area (Å²) in [6.45, 7) is 10.2. The van der Waals surface area contributed by atoms with E-state index in [-0.39, 0.29) is 6.04 Å².